The van der Waals surface area contributed by atoms with Crippen LogP contribution in [0.25, 0.3) is 0 Å². The maximum atomic E-state index is 13.5. The van der Waals surface area contributed by atoms with Gasteiger partial charge in [-0.25, -0.2) is 9.37 Å². The fraction of sp³-hybridized carbons (Fsp3) is 0.304. The number of benzene rings is 2. The van der Waals surface area contributed by atoms with Crippen LogP contribution in [0, 0.1) is 17.1 Å². The van der Waals surface area contributed by atoms with E-state index in [-0.39, 0.29) is 17.7 Å². The summed E-state index contributed by atoms with van der Waals surface area (Å²) in [6.07, 6.45) is 0.858. The monoisotopic (exact) mass is 422 g/mol. The van der Waals surface area contributed by atoms with Gasteiger partial charge in [-0.1, -0.05) is 29.8 Å². The topological polar surface area (TPSA) is 56.3 Å². The van der Waals surface area contributed by atoms with E-state index >= 15 is 0 Å². The van der Waals surface area contributed by atoms with E-state index in [1.54, 1.807) is 12.1 Å². The molecule has 3 aromatic rings. The maximum absolute atomic E-state index is 13.5. The molecule has 2 aromatic carbocycles. The molecule has 30 heavy (non-hydrogen) atoms. The summed E-state index contributed by atoms with van der Waals surface area (Å²) in [7, 11) is 0. The van der Waals surface area contributed by atoms with E-state index in [0.717, 1.165) is 48.9 Å². The fourth-order valence-corrected chi connectivity index (χ4v) is 4.37. The third kappa shape index (κ3) is 3.61. The SMILES string of the molecule is N#Cc1nc(C2CC2c2cccc(F)c2)oc1N1CCN(c2cccc(Cl)c2)CC1. The van der Waals surface area contributed by atoms with E-state index in [2.05, 4.69) is 26.9 Å². The summed E-state index contributed by atoms with van der Waals surface area (Å²) in [6.45, 7) is 3.06. The van der Waals surface area contributed by atoms with Crippen LogP contribution in [0.4, 0.5) is 16.0 Å². The Morgan fingerprint density at radius 3 is 2.53 bits per heavy atom. The molecule has 2 atom stereocenters. The minimum absolute atomic E-state index is 0.0976. The number of aromatic nitrogens is 1. The van der Waals surface area contributed by atoms with E-state index in [1.165, 1.54) is 6.07 Å². The van der Waals surface area contributed by atoms with Gasteiger partial charge in [0.25, 0.3) is 0 Å². The highest BCUT2D eigenvalue weighted by Gasteiger charge is 2.44. The zero-order valence-corrected chi connectivity index (χ0v) is 17.0. The van der Waals surface area contributed by atoms with Crippen molar-refractivity contribution in [3.8, 4) is 6.07 Å². The van der Waals surface area contributed by atoms with Crippen molar-refractivity contribution in [1.82, 2.24) is 4.98 Å². The summed E-state index contributed by atoms with van der Waals surface area (Å²) in [5, 5.41) is 10.3. The average Bonchev–Trinajstić information content (AvgIpc) is 3.45. The van der Waals surface area contributed by atoms with E-state index in [4.69, 9.17) is 16.0 Å². The summed E-state index contributed by atoms with van der Waals surface area (Å²) in [5.41, 5.74) is 2.37. The van der Waals surface area contributed by atoms with Gasteiger partial charge in [0.2, 0.25) is 17.5 Å². The standard InChI is InChI=1S/C23H20ClFN4O/c24-16-4-2-6-18(12-16)28-7-9-29(10-8-28)23-21(14-26)27-22(30-23)20-13-19(20)15-3-1-5-17(25)11-15/h1-6,11-12,19-20H,7-10,13H2. The molecule has 7 heteroatoms. The number of hydrogen-bond acceptors (Lipinski definition) is 5. The van der Waals surface area contributed by atoms with Crippen molar-refractivity contribution in [2.45, 2.75) is 18.3 Å². The van der Waals surface area contributed by atoms with Crippen LogP contribution < -0.4 is 9.80 Å². The van der Waals surface area contributed by atoms with E-state index in [0.29, 0.717) is 17.5 Å². The van der Waals surface area contributed by atoms with Gasteiger partial charge in [0.05, 0.1) is 0 Å². The molecule has 1 aliphatic carbocycles. The first kappa shape index (κ1) is 19.0. The largest absolute Gasteiger partial charge is 0.423 e. The Kier molecular flexibility index (Phi) is 4.84. The molecular weight excluding hydrogens is 403 g/mol. The molecule has 0 N–H and O–H groups in total. The molecule has 1 saturated heterocycles. The van der Waals surface area contributed by atoms with Gasteiger partial charge in [-0.3, -0.25) is 0 Å². The number of piperazine rings is 1. The second kappa shape index (κ2) is 7.66. The van der Waals surface area contributed by atoms with Crippen LogP contribution in [0.3, 0.4) is 0 Å². The number of nitriles is 1. The van der Waals surface area contributed by atoms with Crippen molar-refractivity contribution in [1.29, 1.82) is 5.26 Å². The first-order valence-corrected chi connectivity index (χ1v) is 10.4. The van der Waals surface area contributed by atoms with Crippen LogP contribution in [-0.2, 0) is 0 Å². The molecule has 1 aliphatic heterocycles. The van der Waals surface area contributed by atoms with Crippen LogP contribution in [0.15, 0.2) is 52.9 Å². The predicted octanol–water partition coefficient (Wildman–Crippen LogP) is 4.94. The van der Waals surface area contributed by atoms with Crippen molar-refractivity contribution in [3.63, 3.8) is 0 Å². The number of rotatable bonds is 4. The highest BCUT2D eigenvalue weighted by atomic mass is 35.5. The van der Waals surface area contributed by atoms with Crippen molar-refractivity contribution in [3.05, 3.63) is 76.5 Å². The predicted molar refractivity (Wildman–Crippen MR) is 114 cm³/mol. The molecule has 5 rings (SSSR count). The zero-order valence-electron chi connectivity index (χ0n) is 16.3. The Hall–Kier alpha value is -3.04. The third-order valence-corrected chi connectivity index (χ3v) is 6.09. The molecule has 0 bridgehead atoms. The van der Waals surface area contributed by atoms with Gasteiger partial charge in [0.1, 0.15) is 11.9 Å². The Morgan fingerprint density at radius 2 is 1.80 bits per heavy atom. The molecular formula is C23H20ClFN4O. The van der Waals surface area contributed by atoms with Crippen molar-refractivity contribution >= 4 is 23.2 Å². The molecule has 1 saturated carbocycles. The number of halogens is 2. The molecule has 1 aromatic heterocycles. The fourth-order valence-electron chi connectivity index (χ4n) is 4.19. The van der Waals surface area contributed by atoms with Crippen molar-refractivity contribution in [2.75, 3.05) is 36.0 Å². The smallest absolute Gasteiger partial charge is 0.234 e. The number of nitrogens with zero attached hydrogens (tertiary/aromatic N) is 4. The third-order valence-electron chi connectivity index (χ3n) is 5.86. The average molecular weight is 423 g/mol. The summed E-state index contributed by atoms with van der Waals surface area (Å²) in [6, 6.07) is 16.7. The Morgan fingerprint density at radius 1 is 1.03 bits per heavy atom. The van der Waals surface area contributed by atoms with Gasteiger partial charge >= 0.3 is 0 Å². The Bertz CT molecular complexity index is 1120. The van der Waals surface area contributed by atoms with Crippen molar-refractivity contribution < 1.29 is 8.81 Å². The first-order chi connectivity index (χ1) is 14.6. The second-order valence-corrected chi connectivity index (χ2v) is 8.21. The van der Waals surface area contributed by atoms with Gasteiger partial charge < -0.3 is 14.2 Å². The molecule has 0 spiro atoms. The van der Waals surface area contributed by atoms with Crippen LogP contribution in [-0.4, -0.2) is 31.2 Å². The van der Waals surface area contributed by atoms with Crippen LogP contribution >= 0.6 is 11.6 Å². The minimum Gasteiger partial charge on any atom is -0.423 e. The van der Waals surface area contributed by atoms with E-state index in [1.807, 2.05) is 24.3 Å². The highest BCUT2D eigenvalue weighted by molar-refractivity contribution is 6.30. The lowest BCUT2D eigenvalue weighted by atomic mass is 10.1. The zero-order chi connectivity index (χ0) is 20.7. The van der Waals surface area contributed by atoms with Crippen molar-refractivity contribution in [2.24, 2.45) is 0 Å². The quantitative estimate of drug-likeness (QED) is 0.596. The summed E-state index contributed by atoms with van der Waals surface area (Å²) in [5.74, 6) is 1.18. The summed E-state index contributed by atoms with van der Waals surface area (Å²) < 4.78 is 19.6. The Balaban J connectivity index is 1.29. The van der Waals surface area contributed by atoms with Gasteiger partial charge in [0.15, 0.2) is 0 Å². The Labute approximate surface area is 179 Å². The van der Waals surface area contributed by atoms with Crippen LogP contribution in [0.1, 0.15) is 35.4 Å². The molecule has 0 amide bonds. The molecule has 2 heterocycles. The lowest BCUT2D eigenvalue weighted by Crippen LogP contribution is -2.46. The second-order valence-electron chi connectivity index (χ2n) is 7.78. The van der Waals surface area contributed by atoms with Gasteiger partial charge in [-0.15, -0.1) is 0 Å². The van der Waals surface area contributed by atoms with Gasteiger partial charge in [-0.2, -0.15) is 5.26 Å². The van der Waals surface area contributed by atoms with Gasteiger partial charge in [-0.05, 0) is 48.2 Å². The molecule has 2 fully saturated rings. The summed E-state index contributed by atoms with van der Waals surface area (Å²) in [4.78, 5) is 8.81. The molecule has 2 unspecified atom stereocenters. The minimum atomic E-state index is -0.235. The van der Waals surface area contributed by atoms with Crippen LogP contribution in [0.5, 0.6) is 0 Å². The molecule has 5 nitrogen and oxygen atoms in total. The van der Waals surface area contributed by atoms with Gasteiger partial charge in [0, 0.05) is 42.8 Å². The number of anilines is 2. The van der Waals surface area contributed by atoms with E-state index in [9.17, 15) is 9.65 Å². The molecule has 152 valence electrons. The lowest BCUT2D eigenvalue weighted by Gasteiger charge is -2.36. The number of hydrogen-bond donors (Lipinski definition) is 0. The number of oxazole rings is 1. The van der Waals surface area contributed by atoms with E-state index < -0.39 is 0 Å². The molecule has 2 aliphatic rings. The first-order valence-electron chi connectivity index (χ1n) is 10.0. The lowest BCUT2D eigenvalue weighted by molar-refractivity contribution is 0.476. The molecule has 0 radical (unpaired) electrons. The maximum Gasteiger partial charge on any atom is 0.234 e. The highest BCUT2D eigenvalue weighted by Crippen LogP contribution is 2.55. The van der Waals surface area contributed by atoms with Crippen LogP contribution in [0.2, 0.25) is 5.02 Å². The normalized spacial score (nSPS) is 20.8. The summed E-state index contributed by atoms with van der Waals surface area (Å²) >= 11 is 6.11.